The first-order valence-electron chi connectivity index (χ1n) is 5.55. The van der Waals surface area contributed by atoms with Gasteiger partial charge in [-0.15, -0.1) is 0 Å². The second kappa shape index (κ2) is 5.07. The Labute approximate surface area is 114 Å². The number of anilines is 2. The Kier molecular flexibility index (Phi) is 3.11. The lowest BCUT2D eigenvalue weighted by Gasteiger charge is -2.09. The maximum Gasteiger partial charge on any atom is 0.231 e. The van der Waals surface area contributed by atoms with Gasteiger partial charge >= 0.3 is 0 Å². The average molecular weight is 274 g/mol. The third kappa shape index (κ3) is 2.71. The minimum absolute atomic E-state index is 0.251. The van der Waals surface area contributed by atoms with E-state index in [0.29, 0.717) is 16.7 Å². The van der Waals surface area contributed by atoms with Crippen molar-refractivity contribution in [3.63, 3.8) is 0 Å². The van der Waals surface area contributed by atoms with E-state index in [1.165, 1.54) is 0 Å². The zero-order chi connectivity index (χ0) is 13.1. The highest BCUT2D eigenvalue weighted by Gasteiger charge is 2.13. The summed E-state index contributed by atoms with van der Waals surface area (Å²) in [4.78, 5) is 8.02. The van der Waals surface area contributed by atoms with Gasteiger partial charge in [-0.1, -0.05) is 0 Å². The number of thiocarbonyl (C=S) groups is 1. The number of hydrogen-bond acceptors (Lipinski definition) is 5. The Balaban J connectivity index is 1.66. The molecule has 19 heavy (non-hydrogen) atoms. The van der Waals surface area contributed by atoms with E-state index in [2.05, 4.69) is 20.6 Å². The van der Waals surface area contributed by atoms with Gasteiger partial charge in [0.25, 0.3) is 0 Å². The van der Waals surface area contributed by atoms with Crippen LogP contribution in [0.25, 0.3) is 0 Å². The number of ether oxygens (including phenoxy) is 2. The van der Waals surface area contributed by atoms with Gasteiger partial charge in [0.05, 0.1) is 6.20 Å². The zero-order valence-electron chi connectivity index (χ0n) is 9.79. The molecular formula is C12H10N4O2S. The van der Waals surface area contributed by atoms with Crippen LogP contribution in [0, 0.1) is 0 Å². The lowest BCUT2D eigenvalue weighted by Crippen LogP contribution is -2.19. The van der Waals surface area contributed by atoms with Crippen LogP contribution >= 0.6 is 12.2 Å². The van der Waals surface area contributed by atoms with Crippen molar-refractivity contribution >= 4 is 28.8 Å². The summed E-state index contributed by atoms with van der Waals surface area (Å²) in [5.41, 5.74) is 0.811. The molecule has 0 radical (unpaired) electrons. The van der Waals surface area contributed by atoms with Crippen molar-refractivity contribution < 1.29 is 9.47 Å². The van der Waals surface area contributed by atoms with E-state index in [1.807, 2.05) is 18.2 Å². The van der Waals surface area contributed by atoms with E-state index in [4.69, 9.17) is 21.7 Å². The third-order valence-corrected chi connectivity index (χ3v) is 2.64. The second-order valence-electron chi connectivity index (χ2n) is 3.74. The molecule has 7 heteroatoms. The summed E-state index contributed by atoms with van der Waals surface area (Å²) in [7, 11) is 0. The summed E-state index contributed by atoms with van der Waals surface area (Å²) in [5, 5.41) is 6.40. The van der Waals surface area contributed by atoms with Crippen LogP contribution in [0.5, 0.6) is 11.5 Å². The van der Waals surface area contributed by atoms with Gasteiger partial charge in [-0.2, -0.15) is 0 Å². The molecule has 1 aliphatic rings. The first-order valence-corrected chi connectivity index (χ1v) is 5.96. The Morgan fingerprint density at radius 3 is 2.89 bits per heavy atom. The van der Waals surface area contributed by atoms with Gasteiger partial charge in [-0.3, -0.25) is 4.98 Å². The topological polar surface area (TPSA) is 68.3 Å². The fourth-order valence-corrected chi connectivity index (χ4v) is 1.84. The first-order chi connectivity index (χ1) is 9.31. The molecule has 2 heterocycles. The van der Waals surface area contributed by atoms with Crippen molar-refractivity contribution in [1.29, 1.82) is 0 Å². The van der Waals surface area contributed by atoms with Crippen LogP contribution in [0.15, 0.2) is 36.8 Å². The summed E-state index contributed by atoms with van der Waals surface area (Å²) < 4.78 is 10.5. The van der Waals surface area contributed by atoms with E-state index in [9.17, 15) is 0 Å². The molecule has 0 saturated heterocycles. The van der Waals surface area contributed by atoms with E-state index < -0.39 is 0 Å². The van der Waals surface area contributed by atoms with Gasteiger partial charge < -0.3 is 20.1 Å². The van der Waals surface area contributed by atoms with Crippen molar-refractivity contribution in [3.8, 4) is 11.5 Å². The summed E-state index contributed by atoms with van der Waals surface area (Å²) in [6, 6.07) is 5.51. The molecule has 0 spiro atoms. The lowest BCUT2D eigenvalue weighted by atomic mass is 10.3. The Hall–Kier alpha value is -2.41. The van der Waals surface area contributed by atoms with Crippen LogP contribution in [0.3, 0.4) is 0 Å². The van der Waals surface area contributed by atoms with Crippen LogP contribution < -0.4 is 20.1 Å². The quantitative estimate of drug-likeness (QED) is 0.812. The molecule has 1 aromatic carbocycles. The molecule has 0 unspecified atom stereocenters. The number of benzene rings is 1. The predicted molar refractivity (Wildman–Crippen MR) is 74.4 cm³/mol. The fraction of sp³-hybridized carbons (Fsp3) is 0.0833. The Bertz CT molecular complexity index is 606. The van der Waals surface area contributed by atoms with E-state index in [-0.39, 0.29) is 6.79 Å². The molecule has 1 aromatic heterocycles. The summed E-state index contributed by atoms with van der Waals surface area (Å²) in [6.45, 7) is 0.251. The number of nitrogens with one attached hydrogen (secondary N) is 2. The highest BCUT2D eigenvalue weighted by Crippen LogP contribution is 2.34. The molecule has 0 aliphatic carbocycles. The molecule has 0 bridgehead atoms. The summed E-state index contributed by atoms with van der Waals surface area (Å²) >= 11 is 5.18. The number of rotatable bonds is 2. The van der Waals surface area contributed by atoms with Crippen LogP contribution in [0.1, 0.15) is 0 Å². The SMILES string of the molecule is S=C(Nc1ccc2c(c1)OCO2)Nc1cnccn1. The minimum atomic E-state index is 0.251. The number of nitrogens with zero attached hydrogens (tertiary/aromatic N) is 2. The molecule has 1 aliphatic heterocycles. The van der Waals surface area contributed by atoms with Gasteiger partial charge in [0.15, 0.2) is 22.4 Å². The highest BCUT2D eigenvalue weighted by molar-refractivity contribution is 7.80. The molecule has 2 N–H and O–H groups in total. The molecule has 3 rings (SSSR count). The van der Waals surface area contributed by atoms with Crippen molar-refractivity contribution in [2.45, 2.75) is 0 Å². The number of hydrogen-bond donors (Lipinski definition) is 2. The van der Waals surface area contributed by atoms with Gasteiger partial charge in [0, 0.05) is 24.1 Å². The monoisotopic (exact) mass is 274 g/mol. The predicted octanol–water partition coefficient (Wildman–Crippen LogP) is 2.01. The molecule has 0 saturated carbocycles. The standard InChI is InChI=1S/C12H10N4O2S/c19-12(16-11-6-13-3-4-14-11)15-8-1-2-9-10(5-8)18-7-17-9/h1-6H,7H2,(H2,14,15,16,19). The summed E-state index contributed by atoms with van der Waals surface area (Å²) in [6.07, 6.45) is 4.78. The number of aromatic nitrogens is 2. The van der Waals surface area contributed by atoms with Crippen molar-refractivity contribution in [2.75, 3.05) is 17.4 Å². The second-order valence-corrected chi connectivity index (χ2v) is 4.15. The van der Waals surface area contributed by atoms with E-state index in [0.717, 1.165) is 11.4 Å². The van der Waals surface area contributed by atoms with Gasteiger partial charge in [-0.05, 0) is 24.4 Å². The van der Waals surface area contributed by atoms with E-state index >= 15 is 0 Å². The molecule has 0 atom stereocenters. The molecule has 6 nitrogen and oxygen atoms in total. The van der Waals surface area contributed by atoms with Gasteiger partial charge in [0.1, 0.15) is 0 Å². The molecule has 0 fully saturated rings. The summed E-state index contributed by atoms with van der Waals surface area (Å²) in [5.74, 6) is 2.02. The smallest absolute Gasteiger partial charge is 0.231 e. The van der Waals surface area contributed by atoms with Crippen LogP contribution in [0.2, 0.25) is 0 Å². The van der Waals surface area contributed by atoms with Crippen LogP contribution in [0.4, 0.5) is 11.5 Å². The van der Waals surface area contributed by atoms with Crippen molar-refractivity contribution in [3.05, 3.63) is 36.8 Å². The Morgan fingerprint density at radius 1 is 1.16 bits per heavy atom. The molecule has 0 amide bonds. The van der Waals surface area contributed by atoms with Gasteiger partial charge in [0.2, 0.25) is 6.79 Å². The molecule has 96 valence electrons. The average Bonchev–Trinajstić information content (AvgIpc) is 2.87. The first kappa shape index (κ1) is 11.7. The minimum Gasteiger partial charge on any atom is -0.454 e. The highest BCUT2D eigenvalue weighted by atomic mass is 32.1. The van der Waals surface area contributed by atoms with Gasteiger partial charge in [-0.25, -0.2) is 4.98 Å². The lowest BCUT2D eigenvalue weighted by molar-refractivity contribution is 0.174. The fourth-order valence-electron chi connectivity index (χ4n) is 1.62. The van der Waals surface area contributed by atoms with Crippen LogP contribution in [-0.4, -0.2) is 21.9 Å². The van der Waals surface area contributed by atoms with E-state index in [1.54, 1.807) is 18.6 Å². The zero-order valence-corrected chi connectivity index (χ0v) is 10.6. The normalized spacial score (nSPS) is 12.0. The van der Waals surface area contributed by atoms with Crippen molar-refractivity contribution in [2.24, 2.45) is 0 Å². The maximum atomic E-state index is 5.29. The van der Waals surface area contributed by atoms with Crippen LogP contribution in [-0.2, 0) is 0 Å². The molecular weight excluding hydrogens is 264 g/mol. The number of fused-ring (bicyclic) bond motifs is 1. The Morgan fingerprint density at radius 2 is 2.05 bits per heavy atom. The largest absolute Gasteiger partial charge is 0.454 e. The third-order valence-electron chi connectivity index (χ3n) is 2.44. The van der Waals surface area contributed by atoms with Crippen molar-refractivity contribution in [1.82, 2.24) is 9.97 Å². The maximum absolute atomic E-state index is 5.29. The molecule has 2 aromatic rings.